The maximum Gasteiger partial charge on any atom is 0.334 e. The number of hydrogen-bond donors (Lipinski definition) is 0. The maximum absolute atomic E-state index is 14.1. The fraction of sp³-hybridized carbons (Fsp3) is 0.636. The van der Waals surface area contributed by atoms with E-state index in [0.717, 1.165) is 27.4 Å². The van der Waals surface area contributed by atoms with Crippen LogP contribution in [0.2, 0.25) is 0 Å². The first-order valence-corrected chi connectivity index (χ1v) is 10.1. The second kappa shape index (κ2) is 8.54. The summed E-state index contributed by atoms with van der Waals surface area (Å²) in [7, 11) is 9.32. The van der Waals surface area contributed by atoms with Gasteiger partial charge in [-0.25, -0.2) is 4.79 Å². The third-order valence-electron chi connectivity index (χ3n) is 7.20. The summed E-state index contributed by atoms with van der Waals surface area (Å²) in [5, 5.41) is 0. The molecule has 1 fully saturated rings. The molecule has 34 heavy (non-hydrogen) atoms. The SMILES string of the molecule is COC(=O)C1=C[C@]2(OC)C(=O)C(OC)(OC)[C@H]1[C@@H]1C(OC)(OC)C(=O)C(OC)=C[C@@]12C(=O)OC. The van der Waals surface area contributed by atoms with Crippen LogP contribution in [0.3, 0.4) is 0 Å². The van der Waals surface area contributed by atoms with Crippen molar-refractivity contribution < 1.29 is 57.1 Å². The summed E-state index contributed by atoms with van der Waals surface area (Å²) in [6, 6.07) is 0. The van der Waals surface area contributed by atoms with Gasteiger partial charge in [0.25, 0.3) is 5.78 Å². The zero-order chi connectivity index (χ0) is 25.7. The molecule has 0 aromatic carbocycles. The number of methoxy groups -OCH3 is 8. The number of carbonyl (C=O) groups excluding carboxylic acids is 4. The predicted molar refractivity (Wildman–Crippen MR) is 110 cm³/mol. The summed E-state index contributed by atoms with van der Waals surface area (Å²) in [6.07, 6.45) is 2.32. The van der Waals surface area contributed by atoms with Crippen molar-refractivity contribution in [2.45, 2.75) is 17.2 Å². The molecule has 188 valence electrons. The Hall–Kier alpha value is -2.64. The molecule has 12 heteroatoms. The van der Waals surface area contributed by atoms with Crippen LogP contribution in [0.1, 0.15) is 0 Å². The van der Waals surface area contributed by atoms with Gasteiger partial charge in [-0.05, 0) is 12.2 Å². The first-order chi connectivity index (χ1) is 16.1. The van der Waals surface area contributed by atoms with Crippen molar-refractivity contribution in [2.75, 3.05) is 56.9 Å². The molecular weight excluding hydrogens is 456 g/mol. The minimum Gasteiger partial charge on any atom is -0.493 e. The fourth-order valence-electron chi connectivity index (χ4n) is 5.81. The van der Waals surface area contributed by atoms with Crippen molar-refractivity contribution in [3.63, 3.8) is 0 Å². The first-order valence-electron chi connectivity index (χ1n) is 10.1. The molecule has 4 atom stereocenters. The van der Waals surface area contributed by atoms with Crippen molar-refractivity contribution in [3.8, 4) is 0 Å². The standard InChI is InChI=1S/C22H28O12/c1-27-12-10-19(18(26)29-3)14(22(33-7,34-8)15(12)23)13-11(16(24)28-2)9-20(19,30-4)17(25)21(13,31-5)32-6/h9-10,13-14H,1-8H3/t13-,14+,19+,20+/m1/s1. The minimum absolute atomic E-state index is 0.141. The molecule has 0 spiro atoms. The summed E-state index contributed by atoms with van der Waals surface area (Å²) in [4.78, 5) is 54.3. The highest BCUT2D eigenvalue weighted by Gasteiger charge is 2.86. The number of hydrogen-bond acceptors (Lipinski definition) is 12. The van der Waals surface area contributed by atoms with E-state index in [9.17, 15) is 19.2 Å². The zero-order valence-corrected chi connectivity index (χ0v) is 20.2. The van der Waals surface area contributed by atoms with Gasteiger partial charge in [0.2, 0.25) is 17.4 Å². The molecule has 2 bridgehead atoms. The van der Waals surface area contributed by atoms with Gasteiger partial charge in [-0.3, -0.25) is 14.4 Å². The van der Waals surface area contributed by atoms with Gasteiger partial charge in [0.05, 0.1) is 33.2 Å². The molecule has 0 amide bonds. The van der Waals surface area contributed by atoms with Crippen LogP contribution in [0.25, 0.3) is 0 Å². The number of fused-ring (bicyclic) bond motifs is 1. The van der Waals surface area contributed by atoms with Crippen LogP contribution in [0.4, 0.5) is 0 Å². The van der Waals surface area contributed by atoms with E-state index >= 15 is 0 Å². The minimum atomic E-state index is -2.29. The van der Waals surface area contributed by atoms with E-state index in [1.807, 2.05) is 0 Å². The highest BCUT2D eigenvalue weighted by Crippen LogP contribution is 2.68. The molecule has 0 aliphatic heterocycles. The van der Waals surface area contributed by atoms with Gasteiger partial charge in [0.1, 0.15) is 5.41 Å². The Morgan fingerprint density at radius 1 is 0.765 bits per heavy atom. The molecule has 4 rings (SSSR count). The van der Waals surface area contributed by atoms with Crippen molar-refractivity contribution in [1.82, 2.24) is 0 Å². The van der Waals surface area contributed by atoms with Crippen LogP contribution < -0.4 is 0 Å². The Morgan fingerprint density at radius 2 is 1.32 bits per heavy atom. The van der Waals surface area contributed by atoms with Gasteiger partial charge < -0.3 is 37.9 Å². The second-order valence-electron chi connectivity index (χ2n) is 7.87. The summed E-state index contributed by atoms with van der Waals surface area (Å²) >= 11 is 0. The highest BCUT2D eigenvalue weighted by atomic mass is 16.7. The Kier molecular flexibility index (Phi) is 6.52. The monoisotopic (exact) mass is 484 g/mol. The summed E-state index contributed by atoms with van der Waals surface area (Å²) in [6.45, 7) is 0. The fourth-order valence-corrected chi connectivity index (χ4v) is 5.81. The molecule has 0 radical (unpaired) electrons. The van der Waals surface area contributed by atoms with E-state index in [4.69, 9.17) is 37.9 Å². The molecule has 0 N–H and O–H groups in total. The number of Topliss-reactive ketones (excluding diaryl/α,β-unsaturated/α-hetero) is 2. The molecule has 12 nitrogen and oxygen atoms in total. The number of carbonyl (C=O) groups is 4. The van der Waals surface area contributed by atoms with Gasteiger partial charge in [-0.2, -0.15) is 0 Å². The Labute approximate surface area is 196 Å². The van der Waals surface area contributed by atoms with E-state index in [2.05, 4.69) is 0 Å². The number of rotatable bonds is 8. The average molecular weight is 484 g/mol. The van der Waals surface area contributed by atoms with Crippen molar-refractivity contribution >= 4 is 23.5 Å². The molecular formula is C22H28O12. The van der Waals surface area contributed by atoms with Gasteiger partial charge in [-0.15, -0.1) is 0 Å². The lowest BCUT2D eigenvalue weighted by atomic mass is 9.42. The Balaban J connectivity index is 2.66. The largest absolute Gasteiger partial charge is 0.493 e. The molecule has 0 heterocycles. The van der Waals surface area contributed by atoms with Crippen LogP contribution in [0.15, 0.2) is 23.5 Å². The van der Waals surface area contributed by atoms with Gasteiger partial charge >= 0.3 is 11.9 Å². The number of ketones is 2. The Morgan fingerprint density at radius 3 is 1.74 bits per heavy atom. The van der Waals surface area contributed by atoms with Gasteiger partial charge in [0.15, 0.2) is 11.4 Å². The lowest BCUT2D eigenvalue weighted by Gasteiger charge is -2.65. The van der Waals surface area contributed by atoms with E-state index in [0.29, 0.717) is 0 Å². The summed E-state index contributed by atoms with van der Waals surface area (Å²) < 4.78 is 43.5. The molecule has 0 aromatic rings. The third-order valence-corrected chi connectivity index (χ3v) is 7.20. The van der Waals surface area contributed by atoms with Crippen LogP contribution >= 0.6 is 0 Å². The molecule has 4 aliphatic carbocycles. The van der Waals surface area contributed by atoms with Crippen LogP contribution in [0, 0.1) is 17.3 Å². The first kappa shape index (κ1) is 26.0. The highest BCUT2D eigenvalue weighted by molar-refractivity contribution is 6.12. The quantitative estimate of drug-likeness (QED) is 0.325. The normalized spacial score (nSPS) is 32.9. The number of ether oxygens (including phenoxy) is 8. The third kappa shape index (κ3) is 2.60. The summed E-state index contributed by atoms with van der Waals surface area (Å²) in [5.41, 5.74) is -4.54. The van der Waals surface area contributed by atoms with E-state index in [-0.39, 0.29) is 11.3 Å². The number of esters is 2. The Bertz CT molecular complexity index is 972. The lowest BCUT2D eigenvalue weighted by molar-refractivity contribution is -0.327. The zero-order valence-electron chi connectivity index (χ0n) is 20.2. The molecule has 0 unspecified atom stereocenters. The van der Waals surface area contributed by atoms with E-state index in [1.54, 1.807) is 0 Å². The van der Waals surface area contributed by atoms with E-state index in [1.165, 1.54) is 41.6 Å². The lowest BCUT2D eigenvalue weighted by Crippen LogP contribution is -2.83. The van der Waals surface area contributed by atoms with Crippen LogP contribution in [-0.4, -0.2) is 97.6 Å². The second-order valence-corrected chi connectivity index (χ2v) is 7.87. The van der Waals surface area contributed by atoms with Crippen LogP contribution in [0.5, 0.6) is 0 Å². The van der Waals surface area contributed by atoms with E-state index < -0.39 is 57.9 Å². The van der Waals surface area contributed by atoms with Gasteiger partial charge in [-0.1, -0.05) is 0 Å². The molecule has 0 saturated heterocycles. The smallest absolute Gasteiger partial charge is 0.334 e. The predicted octanol–water partition coefficient (Wildman–Crippen LogP) is -0.450. The molecule has 4 aliphatic rings. The summed E-state index contributed by atoms with van der Waals surface area (Å²) in [5.74, 6) is -11.2. The van der Waals surface area contributed by atoms with Crippen LogP contribution in [-0.2, 0) is 57.1 Å². The van der Waals surface area contributed by atoms with Gasteiger partial charge in [0, 0.05) is 41.1 Å². The maximum atomic E-state index is 14.1. The van der Waals surface area contributed by atoms with Crippen molar-refractivity contribution in [1.29, 1.82) is 0 Å². The molecule has 0 aromatic heterocycles. The average Bonchev–Trinajstić information content (AvgIpc) is 2.88. The van der Waals surface area contributed by atoms with Crippen molar-refractivity contribution in [2.24, 2.45) is 17.3 Å². The van der Waals surface area contributed by atoms with Crippen molar-refractivity contribution in [3.05, 3.63) is 23.5 Å². The topological polar surface area (TPSA) is 142 Å². The molecule has 1 saturated carbocycles.